The molecule has 1 saturated heterocycles. The smallest absolute Gasteiger partial charge is 0.136 e. The van der Waals surface area contributed by atoms with Crippen LogP contribution in [0.15, 0.2) is 6.33 Å². The number of fused-ring (bicyclic) bond motifs is 1. The number of anilines is 1. The lowest BCUT2D eigenvalue weighted by Gasteiger charge is -2.34. The SMILES string of the molecule is C[C@@H]1SCc2ncnc(N3CCN(P)CC3)c21. The molecule has 17 heavy (non-hydrogen) atoms. The molecule has 0 spiro atoms. The number of rotatable bonds is 1. The summed E-state index contributed by atoms with van der Waals surface area (Å²) in [5.74, 6) is 2.21. The fourth-order valence-electron chi connectivity index (χ4n) is 2.43. The molecule has 3 heterocycles. The highest BCUT2D eigenvalue weighted by Gasteiger charge is 2.28. The zero-order valence-electron chi connectivity index (χ0n) is 9.96. The largest absolute Gasteiger partial charge is 0.354 e. The highest BCUT2D eigenvalue weighted by molar-refractivity contribution is 7.99. The van der Waals surface area contributed by atoms with Crippen LogP contribution in [0.2, 0.25) is 0 Å². The predicted octanol–water partition coefficient (Wildman–Crippen LogP) is 1.70. The molecule has 0 aliphatic carbocycles. The molecule has 1 unspecified atom stereocenters. The van der Waals surface area contributed by atoms with Gasteiger partial charge in [0.05, 0.1) is 5.69 Å². The van der Waals surface area contributed by atoms with E-state index in [4.69, 9.17) is 0 Å². The molecule has 0 bridgehead atoms. The second-order valence-corrected chi connectivity index (χ2v) is 6.59. The second kappa shape index (κ2) is 4.71. The summed E-state index contributed by atoms with van der Waals surface area (Å²) in [6.45, 7) is 6.56. The van der Waals surface area contributed by atoms with Crippen LogP contribution in [0.5, 0.6) is 0 Å². The number of hydrogen-bond donors (Lipinski definition) is 0. The van der Waals surface area contributed by atoms with Crippen LogP contribution in [0.3, 0.4) is 0 Å². The lowest BCUT2D eigenvalue weighted by atomic mass is 10.1. The van der Waals surface area contributed by atoms with Crippen molar-refractivity contribution in [3.05, 3.63) is 17.6 Å². The quantitative estimate of drug-likeness (QED) is 0.724. The Morgan fingerprint density at radius 2 is 2.06 bits per heavy atom. The summed E-state index contributed by atoms with van der Waals surface area (Å²) in [5, 5.41) is 0.537. The van der Waals surface area contributed by atoms with Gasteiger partial charge in [0.25, 0.3) is 0 Å². The summed E-state index contributed by atoms with van der Waals surface area (Å²) >= 11 is 1.96. The molecular formula is C11H17N4PS. The van der Waals surface area contributed by atoms with E-state index in [9.17, 15) is 0 Å². The van der Waals surface area contributed by atoms with E-state index in [2.05, 4.69) is 35.9 Å². The Morgan fingerprint density at radius 1 is 1.29 bits per heavy atom. The number of hydrogen-bond acceptors (Lipinski definition) is 5. The van der Waals surface area contributed by atoms with Crippen molar-refractivity contribution >= 4 is 27.0 Å². The molecule has 1 fully saturated rings. The zero-order chi connectivity index (χ0) is 11.8. The normalized spacial score (nSPS) is 25.1. The van der Waals surface area contributed by atoms with Gasteiger partial charge in [-0.3, -0.25) is 4.67 Å². The first-order valence-electron chi connectivity index (χ1n) is 5.95. The highest BCUT2D eigenvalue weighted by atomic mass is 32.2. The van der Waals surface area contributed by atoms with Crippen molar-refractivity contribution < 1.29 is 0 Å². The summed E-state index contributed by atoms with van der Waals surface area (Å²) < 4.78 is 2.29. The lowest BCUT2D eigenvalue weighted by Crippen LogP contribution is -2.43. The molecular weight excluding hydrogens is 251 g/mol. The molecule has 2 atom stereocenters. The van der Waals surface area contributed by atoms with E-state index in [1.165, 1.54) is 17.1 Å². The maximum absolute atomic E-state index is 4.53. The minimum Gasteiger partial charge on any atom is -0.354 e. The lowest BCUT2D eigenvalue weighted by molar-refractivity contribution is 0.426. The van der Waals surface area contributed by atoms with Crippen molar-refractivity contribution in [1.29, 1.82) is 0 Å². The number of aromatic nitrogens is 2. The summed E-state index contributed by atoms with van der Waals surface area (Å²) in [4.78, 5) is 11.3. The van der Waals surface area contributed by atoms with Crippen molar-refractivity contribution in [2.75, 3.05) is 31.1 Å². The van der Waals surface area contributed by atoms with Crippen LogP contribution >= 0.6 is 21.2 Å². The van der Waals surface area contributed by atoms with Gasteiger partial charge >= 0.3 is 0 Å². The Kier molecular flexibility index (Phi) is 3.24. The summed E-state index contributed by atoms with van der Waals surface area (Å²) in [6.07, 6.45) is 1.72. The molecule has 0 aromatic carbocycles. The summed E-state index contributed by atoms with van der Waals surface area (Å²) in [6, 6.07) is 0. The molecule has 0 saturated carbocycles. The van der Waals surface area contributed by atoms with Gasteiger partial charge in [0.1, 0.15) is 12.1 Å². The minimum absolute atomic E-state index is 0.537. The Hall–Kier alpha value is -0.380. The van der Waals surface area contributed by atoms with Crippen LogP contribution in [0, 0.1) is 0 Å². The summed E-state index contributed by atoms with van der Waals surface area (Å²) in [7, 11) is 2.78. The minimum atomic E-state index is 0.537. The third-order valence-corrected chi connectivity index (χ3v) is 5.13. The van der Waals surface area contributed by atoms with Gasteiger partial charge in [-0.15, -0.1) is 11.8 Å². The average molecular weight is 268 g/mol. The van der Waals surface area contributed by atoms with Gasteiger partial charge in [-0.1, -0.05) is 9.39 Å². The van der Waals surface area contributed by atoms with Gasteiger partial charge in [-0.25, -0.2) is 9.97 Å². The first-order valence-corrected chi connectivity index (χ1v) is 7.52. The van der Waals surface area contributed by atoms with Crippen molar-refractivity contribution in [2.24, 2.45) is 0 Å². The van der Waals surface area contributed by atoms with E-state index >= 15 is 0 Å². The van der Waals surface area contributed by atoms with Crippen LogP contribution in [-0.4, -0.2) is 40.8 Å². The third kappa shape index (κ3) is 2.16. The monoisotopic (exact) mass is 268 g/mol. The predicted molar refractivity (Wildman–Crippen MR) is 75.2 cm³/mol. The maximum Gasteiger partial charge on any atom is 0.136 e. The van der Waals surface area contributed by atoms with E-state index in [1.54, 1.807) is 6.33 Å². The van der Waals surface area contributed by atoms with Gasteiger partial charge in [-0.05, 0) is 6.92 Å². The number of nitrogens with zero attached hydrogens (tertiary/aromatic N) is 4. The maximum atomic E-state index is 4.53. The highest BCUT2D eigenvalue weighted by Crippen LogP contribution is 2.44. The van der Waals surface area contributed by atoms with E-state index in [0.717, 1.165) is 31.9 Å². The van der Waals surface area contributed by atoms with E-state index in [1.807, 2.05) is 11.8 Å². The fourth-order valence-corrected chi connectivity index (χ4v) is 3.70. The molecule has 4 nitrogen and oxygen atoms in total. The Labute approximate surface area is 108 Å². The fraction of sp³-hybridized carbons (Fsp3) is 0.636. The molecule has 92 valence electrons. The van der Waals surface area contributed by atoms with Gasteiger partial charge in [-0.2, -0.15) is 0 Å². The van der Waals surface area contributed by atoms with Crippen LogP contribution in [0.25, 0.3) is 0 Å². The molecule has 1 aromatic heterocycles. The Bertz CT molecular complexity index is 420. The number of piperazine rings is 1. The first kappa shape index (κ1) is 11.7. The summed E-state index contributed by atoms with van der Waals surface area (Å²) in [5.41, 5.74) is 2.61. The Morgan fingerprint density at radius 3 is 2.82 bits per heavy atom. The standard InChI is InChI=1S/C11H17N4PS/c1-8-10-9(6-17-8)12-7-13-11(10)14-2-4-15(16)5-3-14/h7-8H,2-6,16H2,1H3/t8-/m0/s1. The topological polar surface area (TPSA) is 32.3 Å². The Balaban J connectivity index is 1.91. The first-order chi connectivity index (χ1) is 8.25. The molecule has 1 aromatic rings. The molecule has 3 rings (SSSR count). The van der Waals surface area contributed by atoms with Gasteiger partial charge in [0.2, 0.25) is 0 Å². The third-order valence-electron chi connectivity index (χ3n) is 3.44. The van der Waals surface area contributed by atoms with Crippen LogP contribution in [0.1, 0.15) is 23.4 Å². The van der Waals surface area contributed by atoms with Crippen LogP contribution in [0.4, 0.5) is 5.82 Å². The van der Waals surface area contributed by atoms with Crippen molar-refractivity contribution in [3.8, 4) is 0 Å². The second-order valence-electron chi connectivity index (χ2n) is 4.53. The molecule has 6 heteroatoms. The van der Waals surface area contributed by atoms with Crippen molar-refractivity contribution in [3.63, 3.8) is 0 Å². The van der Waals surface area contributed by atoms with E-state index < -0.39 is 0 Å². The molecule has 0 N–H and O–H groups in total. The van der Waals surface area contributed by atoms with Crippen molar-refractivity contribution in [2.45, 2.75) is 17.9 Å². The van der Waals surface area contributed by atoms with Gasteiger partial charge in [0, 0.05) is 42.7 Å². The molecule has 0 radical (unpaired) electrons. The molecule has 2 aliphatic heterocycles. The van der Waals surface area contributed by atoms with E-state index in [0.29, 0.717) is 5.25 Å². The van der Waals surface area contributed by atoms with Gasteiger partial charge in [0.15, 0.2) is 0 Å². The zero-order valence-corrected chi connectivity index (χ0v) is 11.9. The van der Waals surface area contributed by atoms with Crippen molar-refractivity contribution in [1.82, 2.24) is 14.6 Å². The molecule has 2 aliphatic rings. The van der Waals surface area contributed by atoms with Gasteiger partial charge < -0.3 is 4.90 Å². The van der Waals surface area contributed by atoms with Crippen LogP contribution < -0.4 is 4.90 Å². The number of thioether (sulfide) groups is 1. The molecule has 0 amide bonds. The van der Waals surface area contributed by atoms with Crippen LogP contribution in [-0.2, 0) is 5.75 Å². The average Bonchev–Trinajstić information content (AvgIpc) is 2.73. The van der Waals surface area contributed by atoms with E-state index in [-0.39, 0.29) is 0 Å².